The first-order chi connectivity index (χ1) is 16.3. The second-order valence-corrected chi connectivity index (χ2v) is 9.78. The quantitative estimate of drug-likeness (QED) is 0.383. The van der Waals surface area contributed by atoms with Crippen LogP contribution in [-0.2, 0) is 21.2 Å². The topological polar surface area (TPSA) is 96.8 Å². The van der Waals surface area contributed by atoms with Crippen LogP contribution < -0.4 is 5.32 Å². The lowest BCUT2D eigenvalue weighted by Gasteiger charge is -2.07. The molecule has 7 nitrogen and oxygen atoms in total. The second-order valence-electron chi connectivity index (χ2n) is 7.97. The van der Waals surface area contributed by atoms with Crippen LogP contribution in [0, 0.1) is 5.82 Å². The van der Waals surface area contributed by atoms with E-state index in [1.165, 1.54) is 37.4 Å². The Bertz CT molecular complexity index is 1640. The Kier molecular flexibility index (Phi) is 5.41. The molecule has 2 heterocycles. The number of imidazole rings is 1. The summed E-state index contributed by atoms with van der Waals surface area (Å²) in [6.07, 6.45) is 2.08. The third-order valence-electron chi connectivity index (χ3n) is 5.61. The number of hydrogen-bond acceptors (Lipinski definition) is 4. The maximum Gasteiger partial charge on any atom is 0.268 e. The van der Waals surface area contributed by atoms with Gasteiger partial charge in [0.25, 0.3) is 10.0 Å². The van der Waals surface area contributed by atoms with E-state index in [9.17, 15) is 17.6 Å². The van der Waals surface area contributed by atoms with Crippen LogP contribution in [0.4, 0.5) is 4.39 Å². The minimum absolute atomic E-state index is 0.100. The fourth-order valence-electron chi connectivity index (χ4n) is 4.01. The van der Waals surface area contributed by atoms with Crippen molar-refractivity contribution in [1.82, 2.24) is 19.3 Å². The summed E-state index contributed by atoms with van der Waals surface area (Å²) in [6.45, 7) is 1.93. The Hall–Kier alpha value is -3.98. The molecule has 172 valence electrons. The van der Waals surface area contributed by atoms with E-state index in [4.69, 9.17) is 0 Å². The first-order valence-corrected chi connectivity index (χ1v) is 12.1. The lowest BCUT2D eigenvalue weighted by atomic mass is 10.0. The highest BCUT2D eigenvalue weighted by Gasteiger charge is 2.22. The summed E-state index contributed by atoms with van der Waals surface area (Å²) in [5.41, 5.74) is 3.23. The number of aromatic amines is 1. The fraction of sp³-hybridized carbons (Fsp3) is 0.120. The number of nitrogens with one attached hydrogen (secondary N) is 2. The first kappa shape index (κ1) is 21.8. The first-order valence-electron chi connectivity index (χ1n) is 10.7. The predicted octanol–water partition coefficient (Wildman–Crippen LogP) is 4.24. The van der Waals surface area contributed by atoms with Gasteiger partial charge in [0.1, 0.15) is 11.6 Å². The van der Waals surface area contributed by atoms with Crippen LogP contribution in [0.15, 0.2) is 77.8 Å². The zero-order valence-electron chi connectivity index (χ0n) is 18.2. The number of amides is 1. The van der Waals surface area contributed by atoms with Gasteiger partial charge in [0, 0.05) is 37.0 Å². The highest BCUT2D eigenvalue weighted by atomic mass is 32.2. The number of H-pyrrole nitrogens is 1. The van der Waals surface area contributed by atoms with Crippen LogP contribution in [0.5, 0.6) is 0 Å². The molecule has 2 aromatic heterocycles. The van der Waals surface area contributed by atoms with Crippen molar-refractivity contribution in [3.05, 3.63) is 84.6 Å². The maximum atomic E-state index is 14.1. The van der Waals surface area contributed by atoms with Crippen molar-refractivity contribution in [3.63, 3.8) is 0 Å². The van der Waals surface area contributed by atoms with Crippen molar-refractivity contribution < 1.29 is 17.6 Å². The predicted molar refractivity (Wildman–Crippen MR) is 128 cm³/mol. The SMILES string of the molecule is CC(=O)NCCc1nc2ccc(-c3cn(S(=O)(=O)c4ccccc4)c4cc(F)ccc34)cc2[nH]1. The highest BCUT2D eigenvalue weighted by molar-refractivity contribution is 7.90. The van der Waals surface area contributed by atoms with Gasteiger partial charge in [0.05, 0.1) is 21.4 Å². The summed E-state index contributed by atoms with van der Waals surface area (Å²) in [7, 11) is -3.93. The van der Waals surface area contributed by atoms with Crippen LogP contribution in [0.2, 0.25) is 0 Å². The number of hydrogen-bond donors (Lipinski definition) is 2. The molecule has 0 unspecified atom stereocenters. The standard InChI is InChI=1S/C25H21FN4O3S/c1-16(31)27-12-11-25-28-22-10-7-17(13-23(22)29-25)21-15-30(24-14-18(26)8-9-20(21)24)34(32,33)19-5-3-2-4-6-19/h2-10,13-15H,11-12H2,1H3,(H,27,31)(H,28,29). The van der Waals surface area contributed by atoms with Gasteiger partial charge in [-0.25, -0.2) is 21.8 Å². The van der Waals surface area contributed by atoms with E-state index in [-0.39, 0.29) is 16.3 Å². The van der Waals surface area contributed by atoms with E-state index in [0.717, 1.165) is 26.4 Å². The molecule has 5 aromatic rings. The smallest absolute Gasteiger partial charge is 0.268 e. The van der Waals surface area contributed by atoms with E-state index >= 15 is 0 Å². The van der Waals surface area contributed by atoms with Gasteiger partial charge >= 0.3 is 0 Å². The summed E-state index contributed by atoms with van der Waals surface area (Å²) >= 11 is 0. The van der Waals surface area contributed by atoms with Crippen molar-refractivity contribution in [2.24, 2.45) is 0 Å². The van der Waals surface area contributed by atoms with Gasteiger partial charge < -0.3 is 10.3 Å². The molecule has 34 heavy (non-hydrogen) atoms. The van der Waals surface area contributed by atoms with Crippen LogP contribution in [0.1, 0.15) is 12.7 Å². The summed E-state index contributed by atoms with van der Waals surface area (Å²) in [4.78, 5) is 19.0. The van der Waals surface area contributed by atoms with Gasteiger partial charge in [-0.1, -0.05) is 24.3 Å². The molecule has 0 radical (unpaired) electrons. The monoisotopic (exact) mass is 476 g/mol. The Morgan fingerprint density at radius 2 is 1.88 bits per heavy atom. The van der Waals surface area contributed by atoms with Gasteiger partial charge in [0.15, 0.2) is 0 Å². The van der Waals surface area contributed by atoms with Crippen molar-refractivity contribution >= 4 is 37.9 Å². The second kappa shape index (κ2) is 8.42. The van der Waals surface area contributed by atoms with Crippen LogP contribution in [0.3, 0.4) is 0 Å². The van der Waals surface area contributed by atoms with Crippen molar-refractivity contribution in [2.75, 3.05) is 6.54 Å². The molecule has 0 aliphatic carbocycles. The van der Waals surface area contributed by atoms with E-state index in [0.29, 0.717) is 23.9 Å². The Morgan fingerprint density at radius 1 is 1.09 bits per heavy atom. The third-order valence-corrected chi connectivity index (χ3v) is 7.30. The van der Waals surface area contributed by atoms with Gasteiger partial charge in [0.2, 0.25) is 5.91 Å². The Balaban J connectivity index is 1.61. The number of halogens is 1. The van der Waals surface area contributed by atoms with Gasteiger partial charge in [-0.15, -0.1) is 0 Å². The molecule has 0 bridgehead atoms. The number of aromatic nitrogens is 3. The number of rotatable bonds is 6. The van der Waals surface area contributed by atoms with Crippen LogP contribution in [-0.4, -0.2) is 34.8 Å². The number of fused-ring (bicyclic) bond motifs is 2. The molecule has 0 aliphatic heterocycles. The van der Waals surface area contributed by atoms with E-state index < -0.39 is 15.8 Å². The largest absolute Gasteiger partial charge is 0.356 e. The fourth-order valence-corrected chi connectivity index (χ4v) is 5.39. The van der Waals surface area contributed by atoms with Crippen molar-refractivity contribution in [2.45, 2.75) is 18.2 Å². The lowest BCUT2D eigenvalue weighted by Crippen LogP contribution is -2.22. The molecule has 0 saturated heterocycles. The van der Waals surface area contributed by atoms with E-state index in [1.54, 1.807) is 24.3 Å². The van der Waals surface area contributed by atoms with Gasteiger partial charge in [-0.2, -0.15) is 0 Å². The van der Waals surface area contributed by atoms with Crippen molar-refractivity contribution in [3.8, 4) is 11.1 Å². The third kappa shape index (κ3) is 3.94. The summed E-state index contributed by atoms with van der Waals surface area (Å²) in [5, 5.41) is 3.36. The van der Waals surface area contributed by atoms with E-state index in [1.807, 2.05) is 18.2 Å². The molecule has 2 N–H and O–H groups in total. The normalized spacial score (nSPS) is 11.8. The lowest BCUT2D eigenvalue weighted by molar-refractivity contribution is -0.118. The van der Waals surface area contributed by atoms with Gasteiger partial charge in [-0.05, 0) is 48.0 Å². The highest BCUT2D eigenvalue weighted by Crippen LogP contribution is 2.34. The molecule has 0 atom stereocenters. The minimum Gasteiger partial charge on any atom is -0.356 e. The summed E-state index contributed by atoms with van der Waals surface area (Å²) in [5.74, 6) is 0.114. The average Bonchev–Trinajstić information content (AvgIpc) is 3.40. The molecule has 0 aliphatic rings. The van der Waals surface area contributed by atoms with Gasteiger partial charge in [-0.3, -0.25) is 4.79 Å². The summed E-state index contributed by atoms with van der Waals surface area (Å²) < 4.78 is 42.0. The zero-order valence-corrected chi connectivity index (χ0v) is 19.1. The number of benzene rings is 3. The summed E-state index contributed by atoms with van der Waals surface area (Å²) in [6, 6.07) is 17.8. The molecule has 3 aromatic carbocycles. The maximum absolute atomic E-state index is 14.1. The number of carbonyl (C=O) groups is 1. The Labute approximate surface area is 195 Å². The number of nitrogens with zero attached hydrogens (tertiary/aromatic N) is 2. The van der Waals surface area contributed by atoms with Crippen LogP contribution >= 0.6 is 0 Å². The van der Waals surface area contributed by atoms with Crippen molar-refractivity contribution in [1.29, 1.82) is 0 Å². The molecule has 9 heteroatoms. The number of carbonyl (C=O) groups excluding carboxylic acids is 1. The van der Waals surface area contributed by atoms with E-state index in [2.05, 4.69) is 15.3 Å². The molecule has 5 rings (SSSR count). The minimum atomic E-state index is -3.93. The average molecular weight is 477 g/mol. The molecule has 0 fully saturated rings. The molecule has 0 saturated carbocycles. The molecular formula is C25H21FN4O3S. The zero-order chi connectivity index (χ0) is 23.9. The molecule has 0 spiro atoms. The Morgan fingerprint density at radius 3 is 2.65 bits per heavy atom. The molecular weight excluding hydrogens is 455 g/mol. The molecule has 1 amide bonds. The van der Waals surface area contributed by atoms with Crippen LogP contribution in [0.25, 0.3) is 33.1 Å².